The molecule has 0 fully saturated rings. The molecule has 0 saturated carbocycles. The first kappa shape index (κ1) is 13.2. The molecule has 17 heavy (non-hydrogen) atoms. The van der Waals surface area contributed by atoms with E-state index >= 15 is 0 Å². The average Bonchev–Trinajstić information content (AvgIpc) is 2.43. The van der Waals surface area contributed by atoms with Crippen LogP contribution >= 0.6 is 0 Å². The Bertz CT molecular complexity index is 519. The number of hydrogen-bond acceptors (Lipinski definition) is 1. The Kier molecular flexibility index (Phi) is 5.15. The second-order valence-corrected chi connectivity index (χ2v) is 3.33. The van der Waals surface area contributed by atoms with Crippen molar-refractivity contribution >= 4 is 16.3 Å². The Morgan fingerprint density at radius 2 is 1.88 bits per heavy atom. The van der Waals surface area contributed by atoms with E-state index in [4.69, 9.17) is 0 Å². The van der Waals surface area contributed by atoms with Gasteiger partial charge in [-0.05, 0) is 23.9 Å². The quantitative estimate of drug-likeness (QED) is 0.666. The smallest absolute Gasteiger partial charge is 0.0776 e. The van der Waals surface area contributed by atoms with Gasteiger partial charge in [0.25, 0.3) is 0 Å². The van der Waals surface area contributed by atoms with Crippen molar-refractivity contribution in [3.8, 4) is 0 Å². The van der Waals surface area contributed by atoms with Gasteiger partial charge in [0.05, 0.1) is 5.69 Å². The highest BCUT2D eigenvalue weighted by molar-refractivity contribution is 5.93. The van der Waals surface area contributed by atoms with Crippen LogP contribution in [0.5, 0.6) is 0 Å². The number of benzene rings is 1. The Labute approximate surface area is 104 Å². The first-order valence-electron chi connectivity index (χ1n) is 5.99. The van der Waals surface area contributed by atoms with E-state index in [0.717, 1.165) is 11.3 Å². The van der Waals surface area contributed by atoms with Gasteiger partial charge < -0.3 is 0 Å². The maximum atomic E-state index is 4.41. The number of fused-ring (bicyclic) bond motifs is 1. The fourth-order valence-electron chi connectivity index (χ4n) is 1.70. The molecule has 0 amide bonds. The lowest BCUT2D eigenvalue weighted by Crippen LogP contribution is -1.88. The average molecular weight is 225 g/mol. The fourth-order valence-corrected chi connectivity index (χ4v) is 1.70. The summed E-state index contributed by atoms with van der Waals surface area (Å²) in [6.07, 6.45) is 5.71. The van der Waals surface area contributed by atoms with Gasteiger partial charge in [0.15, 0.2) is 0 Å². The van der Waals surface area contributed by atoms with Gasteiger partial charge in [-0.25, -0.2) is 0 Å². The molecule has 1 heteroatoms. The summed E-state index contributed by atoms with van der Waals surface area (Å²) in [7, 11) is 0. The molecule has 1 aromatic carbocycles. The molecule has 0 atom stereocenters. The summed E-state index contributed by atoms with van der Waals surface area (Å²) in [6, 6.07) is 10.3. The fraction of sp³-hybridized carbons (Fsp3) is 0.188. The summed E-state index contributed by atoms with van der Waals surface area (Å²) in [5, 5.41) is 2.39. The van der Waals surface area contributed by atoms with Crippen molar-refractivity contribution in [1.29, 1.82) is 0 Å². The number of pyridine rings is 1. The topological polar surface area (TPSA) is 12.9 Å². The van der Waals surface area contributed by atoms with Crippen LogP contribution in [0.4, 0.5) is 0 Å². The van der Waals surface area contributed by atoms with Crippen molar-refractivity contribution < 1.29 is 0 Å². The van der Waals surface area contributed by atoms with Gasteiger partial charge in [-0.1, -0.05) is 56.8 Å². The molecule has 0 bridgehead atoms. The van der Waals surface area contributed by atoms with E-state index in [0.29, 0.717) is 0 Å². The lowest BCUT2D eigenvalue weighted by molar-refractivity contribution is 1.31. The van der Waals surface area contributed by atoms with Crippen molar-refractivity contribution in [2.24, 2.45) is 0 Å². The van der Waals surface area contributed by atoms with Crippen LogP contribution in [0, 0.1) is 0 Å². The molecule has 1 heterocycles. The minimum absolute atomic E-state index is 1.01. The van der Waals surface area contributed by atoms with Crippen LogP contribution in [0.25, 0.3) is 16.3 Å². The van der Waals surface area contributed by atoms with E-state index in [1.807, 2.05) is 57.3 Å². The molecular formula is C16H19N. The molecule has 0 N–H and O–H groups in total. The van der Waals surface area contributed by atoms with Gasteiger partial charge >= 0.3 is 0 Å². The van der Waals surface area contributed by atoms with E-state index in [9.17, 15) is 0 Å². The zero-order chi connectivity index (χ0) is 12.7. The first-order valence-corrected chi connectivity index (χ1v) is 5.99. The second kappa shape index (κ2) is 6.64. The molecule has 2 aromatic rings. The highest BCUT2D eigenvalue weighted by Crippen LogP contribution is 2.23. The zero-order valence-electron chi connectivity index (χ0n) is 10.8. The number of hydrogen-bond donors (Lipinski definition) is 0. The summed E-state index contributed by atoms with van der Waals surface area (Å²) >= 11 is 0. The second-order valence-electron chi connectivity index (χ2n) is 3.33. The van der Waals surface area contributed by atoms with E-state index in [1.54, 1.807) is 0 Å². The summed E-state index contributed by atoms with van der Waals surface area (Å²) < 4.78 is 0. The van der Waals surface area contributed by atoms with Crippen LogP contribution in [0.3, 0.4) is 0 Å². The molecule has 88 valence electrons. The Morgan fingerprint density at radius 3 is 2.53 bits per heavy atom. The Hall–Kier alpha value is -1.89. The predicted molar refractivity (Wildman–Crippen MR) is 76.9 cm³/mol. The SMILES string of the molecule is C=C/C(=C\C)c1nccc2ccccc12.CC. The number of rotatable bonds is 2. The minimum Gasteiger partial charge on any atom is -0.256 e. The van der Waals surface area contributed by atoms with Gasteiger partial charge in [-0.3, -0.25) is 4.98 Å². The monoisotopic (exact) mass is 225 g/mol. The number of nitrogens with zero attached hydrogens (tertiary/aromatic N) is 1. The Morgan fingerprint density at radius 1 is 1.18 bits per heavy atom. The van der Waals surface area contributed by atoms with E-state index in [2.05, 4.69) is 23.7 Å². The molecule has 1 nitrogen and oxygen atoms in total. The van der Waals surface area contributed by atoms with Crippen LogP contribution < -0.4 is 0 Å². The summed E-state index contributed by atoms with van der Waals surface area (Å²) in [6.45, 7) is 9.81. The molecule has 0 aliphatic rings. The van der Waals surface area contributed by atoms with Crippen LogP contribution in [-0.2, 0) is 0 Å². The van der Waals surface area contributed by atoms with Crippen molar-refractivity contribution in [2.45, 2.75) is 20.8 Å². The van der Waals surface area contributed by atoms with Gasteiger partial charge in [-0.15, -0.1) is 0 Å². The highest BCUT2D eigenvalue weighted by atomic mass is 14.7. The summed E-state index contributed by atoms with van der Waals surface area (Å²) in [4.78, 5) is 4.41. The highest BCUT2D eigenvalue weighted by Gasteiger charge is 2.03. The van der Waals surface area contributed by atoms with E-state index in [1.165, 1.54) is 10.8 Å². The van der Waals surface area contributed by atoms with Crippen LogP contribution in [0.1, 0.15) is 26.5 Å². The molecular weight excluding hydrogens is 206 g/mol. The molecule has 0 spiro atoms. The third-order valence-corrected chi connectivity index (χ3v) is 2.48. The van der Waals surface area contributed by atoms with Crippen LogP contribution in [0.2, 0.25) is 0 Å². The minimum atomic E-state index is 1.01. The number of allylic oxidation sites excluding steroid dienone is 3. The predicted octanol–water partition coefficient (Wildman–Crippen LogP) is 4.85. The molecule has 2 rings (SSSR count). The maximum absolute atomic E-state index is 4.41. The lowest BCUT2D eigenvalue weighted by atomic mass is 10.0. The van der Waals surface area contributed by atoms with Gasteiger partial charge in [0.2, 0.25) is 0 Å². The van der Waals surface area contributed by atoms with Crippen molar-refractivity contribution in [2.75, 3.05) is 0 Å². The molecule has 0 aliphatic carbocycles. The van der Waals surface area contributed by atoms with Crippen molar-refractivity contribution in [3.05, 3.63) is 61.0 Å². The zero-order valence-corrected chi connectivity index (χ0v) is 10.8. The van der Waals surface area contributed by atoms with Crippen LogP contribution in [-0.4, -0.2) is 4.98 Å². The molecule has 1 aromatic heterocycles. The molecule has 0 aliphatic heterocycles. The van der Waals surface area contributed by atoms with Gasteiger partial charge in [0.1, 0.15) is 0 Å². The van der Waals surface area contributed by atoms with Gasteiger partial charge in [-0.2, -0.15) is 0 Å². The maximum Gasteiger partial charge on any atom is 0.0776 e. The van der Waals surface area contributed by atoms with Crippen molar-refractivity contribution in [3.63, 3.8) is 0 Å². The van der Waals surface area contributed by atoms with Crippen LogP contribution in [0.15, 0.2) is 55.3 Å². The normalized spacial score (nSPS) is 10.6. The molecule has 0 unspecified atom stereocenters. The van der Waals surface area contributed by atoms with Crippen molar-refractivity contribution in [1.82, 2.24) is 4.98 Å². The third-order valence-electron chi connectivity index (χ3n) is 2.48. The summed E-state index contributed by atoms with van der Waals surface area (Å²) in [5.41, 5.74) is 2.08. The van der Waals surface area contributed by atoms with Gasteiger partial charge in [0, 0.05) is 11.6 Å². The largest absolute Gasteiger partial charge is 0.256 e. The first-order chi connectivity index (χ1) is 8.36. The third kappa shape index (κ3) is 2.82. The van der Waals surface area contributed by atoms with E-state index in [-0.39, 0.29) is 0 Å². The number of aromatic nitrogens is 1. The molecule has 0 radical (unpaired) electrons. The van der Waals surface area contributed by atoms with E-state index < -0.39 is 0 Å². The molecule has 0 saturated heterocycles. The standard InChI is InChI=1S/C14H13N.C2H6/c1-3-11(4-2)14-13-8-6-5-7-12(13)9-10-15-14;1-2/h3-10H,1H2,2H3;1-2H3/b11-4+;. The lowest BCUT2D eigenvalue weighted by Gasteiger charge is -2.05. The Balaban J connectivity index is 0.000000686. The summed E-state index contributed by atoms with van der Waals surface area (Å²) in [5.74, 6) is 0.